The quantitative estimate of drug-likeness (QED) is 0.617. The van der Waals surface area contributed by atoms with E-state index in [4.69, 9.17) is 0 Å². The van der Waals surface area contributed by atoms with Gasteiger partial charge in [0.25, 0.3) is 0 Å². The summed E-state index contributed by atoms with van der Waals surface area (Å²) in [6.45, 7) is 4.20. The van der Waals surface area contributed by atoms with E-state index in [9.17, 15) is 5.11 Å². The van der Waals surface area contributed by atoms with Crippen molar-refractivity contribution in [1.29, 1.82) is 0 Å². The molecule has 0 saturated carbocycles. The Hall–Kier alpha value is -0.820. The van der Waals surface area contributed by atoms with Crippen LogP contribution in [0.15, 0.2) is 24.3 Å². The maximum atomic E-state index is 9.78. The number of aliphatic hydroxyl groups is 1. The van der Waals surface area contributed by atoms with Gasteiger partial charge in [0.05, 0.1) is 6.10 Å². The Kier molecular flexibility index (Phi) is 1.52. The first-order valence-corrected chi connectivity index (χ1v) is 4.39. The Morgan fingerprint density at radius 2 is 2.00 bits per heavy atom. The third-order valence-electron chi connectivity index (χ3n) is 2.96. The summed E-state index contributed by atoms with van der Waals surface area (Å²) in [5.74, 6) is 0. The van der Waals surface area contributed by atoms with Crippen LogP contribution in [0.3, 0.4) is 0 Å². The molecule has 2 rings (SSSR count). The summed E-state index contributed by atoms with van der Waals surface area (Å²) in [6.07, 6.45) is 0.596. The van der Waals surface area contributed by atoms with Gasteiger partial charge in [0.15, 0.2) is 0 Å². The first-order valence-electron chi connectivity index (χ1n) is 4.39. The Morgan fingerprint density at radius 1 is 1.33 bits per heavy atom. The van der Waals surface area contributed by atoms with Crippen LogP contribution >= 0.6 is 0 Å². The van der Waals surface area contributed by atoms with Crippen molar-refractivity contribution in [3.8, 4) is 0 Å². The molecule has 1 aliphatic carbocycles. The SMILES string of the molecule is CC1(C)c2ccccc2CC1O. The Labute approximate surface area is 73.0 Å². The summed E-state index contributed by atoms with van der Waals surface area (Å²) in [5.41, 5.74) is 2.55. The maximum Gasteiger partial charge on any atom is 0.0671 e. The van der Waals surface area contributed by atoms with Gasteiger partial charge in [-0.2, -0.15) is 0 Å². The molecule has 1 atom stereocenters. The number of fused-ring (bicyclic) bond motifs is 1. The van der Waals surface area contributed by atoms with Crippen LogP contribution in [0.5, 0.6) is 0 Å². The second-order valence-electron chi connectivity index (χ2n) is 4.10. The molecule has 0 amide bonds. The van der Waals surface area contributed by atoms with Crippen LogP contribution in [0, 0.1) is 0 Å². The molecule has 0 saturated heterocycles. The van der Waals surface area contributed by atoms with E-state index in [1.54, 1.807) is 0 Å². The molecule has 1 heteroatoms. The summed E-state index contributed by atoms with van der Waals surface area (Å²) in [5, 5.41) is 9.78. The second kappa shape index (κ2) is 2.33. The predicted octanol–water partition coefficient (Wildman–Crippen LogP) is 1.88. The van der Waals surface area contributed by atoms with Crippen molar-refractivity contribution in [1.82, 2.24) is 0 Å². The van der Waals surface area contributed by atoms with E-state index in [-0.39, 0.29) is 11.5 Å². The van der Waals surface area contributed by atoms with Crippen molar-refractivity contribution in [2.45, 2.75) is 31.8 Å². The van der Waals surface area contributed by atoms with Crippen molar-refractivity contribution >= 4 is 0 Å². The Bertz CT molecular complexity index is 302. The van der Waals surface area contributed by atoms with Gasteiger partial charge < -0.3 is 5.11 Å². The highest BCUT2D eigenvalue weighted by Crippen LogP contribution is 2.37. The van der Waals surface area contributed by atoms with E-state index in [0.29, 0.717) is 0 Å². The fraction of sp³-hybridized carbons (Fsp3) is 0.455. The maximum absolute atomic E-state index is 9.78. The topological polar surface area (TPSA) is 20.2 Å². The molecule has 0 heterocycles. The minimum atomic E-state index is -0.213. The molecule has 0 aliphatic heterocycles. The van der Waals surface area contributed by atoms with E-state index in [2.05, 4.69) is 26.0 Å². The second-order valence-corrected chi connectivity index (χ2v) is 4.10. The lowest BCUT2D eigenvalue weighted by Gasteiger charge is -2.23. The minimum Gasteiger partial charge on any atom is -0.392 e. The molecule has 0 bridgehead atoms. The zero-order chi connectivity index (χ0) is 8.77. The molecule has 1 aromatic carbocycles. The van der Waals surface area contributed by atoms with Crippen molar-refractivity contribution in [2.24, 2.45) is 0 Å². The lowest BCUT2D eigenvalue weighted by atomic mass is 9.85. The molecule has 1 aromatic rings. The van der Waals surface area contributed by atoms with Crippen LogP contribution in [0.2, 0.25) is 0 Å². The highest BCUT2D eigenvalue weighted by molar-refractivity contribution is 5.40. The van der Waals surface area contributed by atoms with Crippen molar-refractivity contribution in [2.75, 3.05) is 0 Å². The molecule has 1 nitrogen and oxygen atoms in total. The Balaban J connectivity index is 2.55. The third-order valence-corrected chi connectivity index (χ3v) is 2.96. The predicted molar refractivity (Wildman–Crippen MR) is 49.2 cm³/mol. The van der Waals surface area contributed by atoms with Gasteiger partial charge in [0.1, 0.15) is 0 Å². The monoisotopic (exact) mass is 162 g/mol. The van der Waals surface area contributed by atoms with Crippen molar-refractivity contribution < 1.29 is 5.11 Å². The summed E-state index contributed by atoms with van der Waals surface area (Å²) in [7, 11) is 0. The molecule has 12 heavy (non-hydrogen) atoms. The van der Waals surface area contributed by atoms with Gasteiger partial charge in [-0.1, -0.05) is 38.1 Å². The molecule has 1 N–H and O–H groups in total. The third kappa shape index (κ3) is 0.896. The van der Waals surface area contributed by atoms with Crippen LogP contribution in [-0.2, 0) is 11.8 Å². The fourth-order valence-electron chi connectivity index (χ4n) is 1.97. The van der Waals surface area contributed by atoms with Crippen molar-refractivity contribution in [3.63, 3.8) is 0 Å². The average Bonchev–Trinajstić information content (AvgIpc) is 2.25. The number of aliphatic hydroxyl groups excluding tert-OH is 1. The van der Waals surface area contributed by atoms with Gasteiger partial charge >= 0.3 is 0 Å². The molecule has 0 aromatic heterocycles. The summed E-state index contributed by atoms with van der Waals surface area (Å²) in [4.78, 5) is 0. The lowest BCUT2D eigenvalue weighted by molar-refractivity contribution is 0.116. The van der Waals surface area contributed by atoms with E-state index in [1.165, 1.54) is 11.1 Å². The van der Waals surface area contributed by atoms with Crippen LogP contribution < -0.4 is 0 Å². The number of hydrogen-bond acceptors (Lipinski definition) is 1. The van der Waals surface area contributed by atoms with Gasteiger partial charge in [-0.05, 0) is 17.5 Å². The van der Waals surface area contributed by atoms with Crippen molar-refractivity contribution in [3.05, 3.63) is 35.4 Å². The summed E-state index contributed by atoms with van der Waals surface area (Å²) in [6, 6.07) is 8.30. The molecule has 1 unspecified atom stereocenters. The molecule has 1 aliphatic rings. The largest absolute Gasteiger partial charge is 0.392 e. The van der Waals surface area contributed by atoms with E-state index in [1.807, 2.05) is 12.1 Å². The summed E-state index contributed by atoms with van der Waals surface area (Å²) < 4.78 is 0. The lowest BCUT2D eigenvalue weighted by Crippen LogP contribution is -2.28. The van der Waals surface area contributed by atoms with Crippen LogP contribution in [0.25, 0.3) is 0 Å². The normalized spacial score (nSPS) is 25.4. The van der Waals surface area contributed by atoms with Gasteiger partial charge in [-0.15, -0.1) is 0 Å². The molecular formula is C11H14O. The highest BCUT2D eigenvalue weighted by Gasteiger charge is 2.37. The summed E-state index contributed by atoms with van der Waals surface area (Å²) >= 11 is 0. The fourth-order valence-corrected chi connectivity index (χ4v) is 1.97. The average molecular weight is 162 g/mol. The van der Waals surface area contributed by atoms with Crippen LogP contribution in [0.4, 0.5) is 0 Å². The molecule has 0 spiro atoms. The minimum absolute atomic E-state index is 0.0589. The zero-order valence-corrected chi connectivity index (χ0v) is 7.54. The van der Waals surface area contributed by atoms with Gasteiger partial charge in [-0.3, -0.25) is 0 Å². The van der Waals surface area contributed by atoms with E-state index in [0.717, 1.165) is 6.42 Å². The van der Waals surface area contributed by atoms with Crippen LogP contribution in [0.1, 0.15) is 25.0 Å². The molecule has 64 valence electrons. The number of hydrogen-bond donors (Lipinski definition) is 1. The standard InChI is InChI=1S/C11H14O/c1-11(2)9-6-4-3-5-8(9)7-10(11)12/h3-6,10,12H,7H2,1-2H3. The molecule has 0 fully saturated rings. The van der Waals surface area contributed by atoms with Gasteiger partial charge in [0.2, 0.25) is 0 Å². The van der Waals surface area contributed by atoms with Crippen LogP contribution in [-0.4, -0.2) is 11.2 Å². The first kappa shape index (κ1) is 7.81. The highest BCUT2D eigenvalue weighted by atomic mass is 16.3. The van der Waals surface area contributed by atoms with E-state index < -0.39 is 0 Å². The first-order chi connectivity index (χ1) is 5.62. The molecular weight excluding hydrogens is 148 g/mol. The Morgan fingerprint density at radius 3 is 2.67 bits per heavy atom. The zero-order valence-electron chi connectivity index (χ0n) is 7.54. The van der Waals surface area contributed by atoms with Gasteiger partial charge in [0, 0.05) is 5.41 Å². The van der Waals surface area contributed by atoms with E-state index >= 15 is 0 Å². The number of benzene rings is 1. The molecule has 0 radical (unpaired) electrons. The smallest absolute Gasteiger partial charge is 0.0671 e. The van der Waals surface area contributed by atoms with Gasteiger partial charge in [-0.25, -0.2) is 0 Å². The number of rotatable bonds is 0.